The maximum absolute atomic E-state index is 14.9. The molecule has 3 saturated heterocycles. The Labute approximate surface area is 259 Å². The number of hydrogen-bond acceptors (Lipinski definition) is 7. The fourth-order valence-electron chi connectivity index (χ4n) is 7.44. The zero-order valence-electron chi connectivity index (χ0n) is 25.6. The minimum Gasteiger partial charge on any atom is -0.461 e. The molecule has 2 unspecified atom stereocenters. The third-order valence-corrected chi connectivity index (χ3v) is 9.37. The summed E-state index contributed by atoms with van der Waals surface area (Å²) in [7, 11) is 0. The molecular weight excluding hydrogens is 558 g/mol. The highest BCUT2D eigenvalue weighted by atomic mass is 16.6. The van der Waals surface area contributed by atoms with Crippen molar-refractivity contribution in [2.24, 2.45) is 11.8 Å². The monoisotopic (exact) mass is 601 g/mol. The number of esters is 1. The molecule has 44 heavy (non-hydrogen) atoms. The second-order valence-corrected chi connectivity index (χ2v) is 11.7. The number of hydrogen-bond donors (Lipinski definition) is 1. The van der Waals surface area contributed by atoms with Crippen LogP contribution in [0.2, 0.25) is 0 Å². The fourth-order valence-corrected chi connectivity index (χ4v) is 7.44. The third-order valence-electron chi connectivity index (χ3n) is 9.37. The second kappa shape index (κ2) is 13.4. The standard InChI is InChI=1S/C35H43N3O6/c1-5-20-37(26-16-14-25(15-17-26)36(7-3)8-4)33(41)31-35-19-18-28(44-35)29(34(42)43-21-6-2)30(35)32(40)38(31)27(23-39)22-24-12-10-9-11-13-24/h5-6,9-17,27-31,39H,1-2,7-8,18-23H2,3-4H3/t27-,28-,29+,30+,31?,35?/m1/s1. The summed E-state index contributed by atoms with van der Waals surface area (Å²) in [5.41, 5.74) is 1.41. The van der Waals surface area contributed by atoms with E-state index < -0.39 is 41.6 Å². The van der Waals surface area contributed by atoms with Gasteiger partial charge in [-0.15, -0.1) is 6.58 Å². The first-order valence-corrected chi connectivity index (χ1v) is 15.5. The molecule has 3 aliphatic heterocycles. The molecule has 234 valence electrons. The summed E-state index contributed by atoms with van der Waals surface area (Å²) in [5.74, 6) is -2.96. The molecule has 9 heteroatoms. The first-order chi connectivity index (χ1) is 21.3. The topological polar surface area (TPSA) is 99.6 Å². The van der Waals surface area contributed by atoms with Crippen molar-refractivity contribution in [2.45, 2.75) is 56.9 Å². The Morgan fingerprint density at radius 1 is 1.09 bits per heavy atom. The summed E-state index contributed by atoms with van der Waals surface area (Å²) >= 11 is 0. The van der Waals surface area contributed by atoms with E-state index in [2.05, 4.69) is 31.9 Å². The SMILES string of the molecule is C=CCOC(=O)[C@@H]1[C@H]2C(=O)N([C@@H](CO)Cc3ccccc3)C(C(=O)N(CC=C)c3ccc(N(CC)CC)cc3)C23CC[C@H]1O3. The molecule has 3 aliphatic rings. The number of carbonyl (C=O) groups excluding carboxylic acids is 3. The Morgan fingerprint density at radius 2 is 1.77 bits per heavy atom. The minimum absolute atomic E-state index is 0.0198. The van der Waals surface area contributed by atoms with E-state index in [0.717, 1.165) is 24.3 Å². The quantitative estimate of drug-likeness (QED) is 0.260. The molecule has 1 N–H and O–H groups in total. The largest absolute Gasteiger partial charge is 0.461 e. The van der Waals surface area contributed by atoms with Crippen molar-refractivity contribution < 1.29 is 29.0 Å². The number of fused-ring (bicyclic) bond motifs is 1. The van der Waals surface area contributed by atoms with Crippen molar-refractivity contribution in [1.29, 1.82) is 0 Å². The van der Waals surface area contributed by atoms with Gasteiger partial charge in [0.05, 0.1) is 30.6 Å². The highest BCUT2D eigenvalue weighted by molar-refractivity contribution is 6.05. The van der Waals surface area contributed by atoms with Gasteiger partial charge in [0.25, 0.3) is 5.91 Å². The molecule has 0 aliphatic carbocycles. The van der Waals surface area contributed by atoms with Crippen LogP contribution >= 0.6 is 0 Å². The minimum atomic E-state index is -1.22. The Bertz CT molecular complexity index is 1360. The van der Waals surface area contributed by atoms with Crippen LogP contribution in [0.5, 0.6) is 0 Å². The van der Waals surface area contributed by atoms with E-state index in [1.807, 2.05) is 54.6 Å². The first-order valence-electron chi connectivity index (χ1n) is 15.5. The van der Waals surface area contributed by atoms with Crippen molar-refractivity contribution in [3.8, 4) is 0 Å². The molecule has 3 fully saturated rings. The lowest BCUT2D eigenvalue weighted by Gasteiger charge is -2.39. The predicted octanol–water partition coefficient (Wildman–Crippen LogP) is 3.76. The number of anilines is 2. The van der Waals surface area contributed by atoms with Gasteiger partial charge in [-0.05, 0) is 62.9 Å². The number of carbonyl (C=O) groups is 3. The van der Waals surface area contributed by atoms with E-state index in [1.165, 1.54) is 11.0 Å². The molecule has 2 aromatic rings. The molecule has 2 bridgehead atoms. The molecule has 0 saturated carbocycles. The lowest BCUT2D eigenvalue weighted by Crippen LogP contribution is -2.59. The van der Waals surface area contributed by atoms with Crippen molar-refractivity contribution in [3.63, 3.8) is 0 Å². The summed E-state index contributed by atoms with van der Waals surface area (Å²) in [4.78, 5) is 48.0. The van der Waals surface area contributed by atoms with Crippen LogP contribution in [-0.2, 0) is 30.3 Å². The number of rotatable bonds is 14. The number of amides is 2. The van der Waals surface area contributed by atoms with Gasteiger partial charge in [0.15, 0.2) is 0 Å². The molecular formula is C35H43N3O6. The Balaban J connectivity index is 1.57. The fraction of sp³-hybridized carbons (Fsp3) is 0.457. The number of aliphatic hydroxyl groups excluding tert-OH is 1. The first kappa shape index (κ1) is 31.5. The van der Waals surface area contributed by atoms with Crippen molar-refractivity contribution in [1.82, 2.24) is 4.90 Å². The van der Waals surface area contributed by atoms with Gasteiger partial charge < -0.3 is 29.3 Å². The van der Waals surface area contributed by atoms with Crippen molar-refractivity contribution in [2.75, 3.05) is 42.6 Å². The molecule has 0 radical (unpaired) electrons. The summed E-state index contributed by atoms with van der Waals surface area (Å²) in [6.07, 6.45) is 3.92. The molecule has 2 aromatic carbocycles. The van der Waals surface area contributed by atoms with Crippen molar-refractivity contribution >= 4 is 29.2 Å². The van der Waals surface area contributed by atoms with E-state index in [-0.39, 0.29) is 31.6 Å². The third kappa shape index (κ3) is 5.43. The van der Waals surface area contributed by atoms with E-state index in [4.69, 9.17) is 9.47 Å². The van der Waals surface area contributed by atoms with Crippen LogP contribution in [0.25, 0.3) is 0 Å². The molecule has 9 nitrogen and oxygen atoms in total. The Morgan fingerprint density at radius 3 is 2.39 bits per heavy atom. The normalized spacial score (nSPS) is 25.8. The lowest BCUT2D eigenvalue weighted by atomic mass is 9.70. The van der Waals surface area contributed by atoms with E-state index in [0.29, 0.717) is 24.9 Å². The van der Waals surface area contributed by atoms with Crippen LogP contribution in [0.1, 0.15) is 32.3 Å². The van der Waals surface area contributed by atoms with Crippen molar-refractivity contribution in [3.05, 3.63) is 85.5 Å². The van der Waals surface area contributed by atoms with Gasteiger partial charge >= 0.3 is 5.97 Å². The van der Waals surface area contributed by atoms with Gasteiger partial charge in [0, 0.05) is 31.0 Å². The number of benzene rings is 2. The average Bonchev–Trinajstić information content (AvgIpc) is 3.70. The Hall–Kier alpha value is -3.95. The zero-order chi connectivity index (χ0) is 31.4. The summed E-state index contributed by atoms with van der Waals surface area (Å²) in [5, 5.41) is 10.7. The number of nitrogens with zero attached hydrogens (tertiary/aromatic N) is 3. The van der Waals surface area contributed by atoms with Gasteiger partial charge in [-0.25, -0.2) is 0 Å². The van der Waals surface area contributed by atoms with Gasteiger partial charge in [-0.1, -0.05) is 49.1 Å². The molecule has 6 atom stereocenters. The number of likely N-dealkylation sites (tertiary alicyclic amines) is 1. The Kier molecular flexibility index (Phi) is 9.56. The smallest absolute Gasteiger partial charge is 0.312 e. The van der Waals surface area contributed by atoms with E-state index in [1.54, 1.807) is 11.0 Å². The van der Waals surface area contributed by atoms with Crippen LogP contribution in [0.15, 0.2) is 79.9 Å². The van der Waals surface area contributed by atoms with Gasteiger partial charge in [0.1, 0.15) is 18.2 Å². The maximum atomic E-state index is 14.9. The summed E-state index contributed by atoms with van der Waals surface area (Å²) < 4.78 is 12.0. The zero-order valence-corrected chi connectivity index (χ0v) is 25.6. The van der Waals surface area contributed by atoms with Crippen LogP contribution < -0.4 is 9.80 Å². The molecule has 3 heterocycles. The van der Waals surface area contributed by atoms with Gasteiger partial charge in [0.2, 0.25) is 5.91 Å². The lowest BCUT2D eigenvalue weighted by molar-refractivity contribution is -0.154. The molecule has 1 spiro atoms. The summed E-state index contributed by atoms with van der Waals surface area (Å²) in [6.45, 7) is 13.3. The number of ether oxygens (including phenoxy) is 2. The number of aliphatic hydroxyl groups is 1. The van der Waals surface area contributed by atoms with Gasteiger partial charge in [-0.2, -0.15) is 0 Å². The van der Waals surface area contributed by atoms with Crippen LogP contribution in [0.3, 0.4) is 0 Å². The van der Waals surface area contributed by atoms with Crippen LogP contribution in [-0.4, -0.2) is 84.4 Å². The predicted molar refractivity (Wildman–Crippen MR) is 169 cm³/mol. The second-order valence-electron chi connectivity index (χ2n) is 11.7. The average molecular weight is 602 g/mol. The molecule has 0 aromatic heterocycles. The van der Waals surface area contributed by atoms with E-state index in [9.17, 15) is 19.5 Å². The van der Waals surface area contributed by atoms with Crippen LogP contribution in [0.4, 0.5) is 11.4 Å². The maximum Gasteiger partial charge on any atom is 0.312 e. The van der Waals surface area contributed by atoms with Gasteiger partial charge in [-0.3, -0.25) is 14.4 Å². The molecule has 2 amide bonds. The van der Waals surface area contributed by atoms with E-state index >= 15 is 0 Å². The highest BCUT2D eigenvalue weighted by Crippen LogP contribution is 2.59. The van der Waals surface area contributed by atoms with Crippen LogP contribution in [0, 0.1) is 11.8 Å². The summed E-state index contributed by atoms with van der Waals surface area (Å²) in [6, 6.07) is 15.6. The molecule has 5 rings (SSSR count). The highest BCUT2D eigenvalue weighted by Gasteiger charge is 2.75.